The summed E-state index contributed by atoms with van der Waals surface area (Å²) >= 11 is 0. The van der Waals surface area contributed by atoms with Crippen LogP contribution in [-0.4, -0.2) is 17.8 Å². The highest BCUT2D eigenvalue weighted by atomic mass is 16.5. The number of aliphatic hydroxyl groups excluding tert-OH is 1. The Hall–Kier alpha value is -0.860. The molecule has 1 aromatic carbocycles. The molecule has 16 heavy (non-hydrogen) atoms. The Morgan fingerprint density at radius 2 is 2.06 bits per heavy atom. The molecule has 0 amide bonds. The van der Waals surface area contributed by atoms with Crippen LogP contribution >= 0.6 is 0 Å². The van der Waals surface area contributed by atoms with Crippen molar-refractivity contribution in [1.82, 2.24) is 0 Å². The van der Waals surface area contributed by atoms with Crippen LogP contribution in [0.1, 0.15) is 44.4 Å². The maximum atomic E-state index is 10.3. The lowest BCUT2D eigenvalue weighted by molar-refractivity contribution is -0.0944. The highest BCUT2D eigenvalue weighted by molar-refractivity contribution is 5.26. The van der Waals surface area contributed by atoms with Gasteiger partial charge >= 0.3 is 0 Å². The van der Waals surface area contributed by atoms with E-state index in [-0.39, 0.29) is 0 Å². The zero-order valence-corrected chi connectivity index (χ0v) is 10.7. The Morgan fingerprint density at radius 1 is 1.38 bits per heavy atom. The van der Waals surface area contributed by atoms with Crippen molar-refractivity contribution in [3.05, 3.63) is 35.4 Å². The molecule has 90 valence electrons. The topological polar surface area (TPSA) is 29.5 Å². The molecule has 0 aliphatic heterocycles. The van der Waals surface area contributed by atoms with E-state index in [2.05, 4.69) is 19.1 Å². The third-order valence-corrected chi connectivity index (χ3v) is 3.42. The van der Waals surface area contributed by atoms with E-state index in [4.69, 9.17) is 4.74 Å². The van der Waals surface area contributed by atoms with E-state index in [1.54, 1.807) is 7.11 Å². The van der Waals surface area contributed by atoms with Crippen LogP contribution in [0.3, 0.4) is 0 Å². The number of methoxy groups -OCH3 is 1. The minimum absolute atomic E-state index is 0.508. The Bertz CT molecular complexity index is 329. The van der Waals surface area contributed by atoms with Gasteiger partial charge in [-0.1, -0.05) is 38.1 Å². The second kappa shape index (κ2) is 5.46. The fraction of sp³-hybridized carbons (Fsp3) is 0.571. The van der Waals surface area contributed by atoms with E-state index in [9.17, 15) is 5.11 Å². The van der Waals surface area contributed by atoms with Gasteiger partial charge in [0.25, 0.3) is 0 Å². The standard InChI is InChI=1S/C14H22O2/c1-5-11-8-7-9-12(10-11)13(15)14(3,6-2)16-4/h7-10,13,15H,5-6H2,1-4H3. The van der Waals surface area contributed by atoms with Crippen LogP contribution in [0.5, 0.6) is 0 Å². The number of aliphatic hydroxyl groups is 1. The van der Waals surface area contributed by atoms with Gasteiger partial charge in [-0.05, 0) is 30.9 Å². The monoisotopic (exact) mass is 222 g/mol. The first kappa shape index (κ1) is 13.2. The summed E-state index contributed by atoms with van der Waals surface area (Å²) in [6.45, 7) is 6.08. The van der Waals surface area contributed by atoms with E-state index in [1.165, 1.54) is 5.56 Å². The number of benzene rings is 1. The van der Waals surface area contributed by atoms with Crippen molar-refractivity contribution in [1.29, 1.82) is 0 Å². The normalized spacial score (nSPS) is 16.8. The van der Waals surface area contributed by atoms with Gasteiger partial charge in [0.05, 0.1) is 5.60 Å². The summed E-state index contributed by atoms with van der Waals surface area (Å²) in [5.41, 5.74) is 1.67. The zero-order valence-electron chi connectivity index (χ0n) is 10.7. The summed E-state index contributed by atoms with van der Waals surface area (Å²) < 4.78 is 5.43. The van der Waals surface area contributed by atoms with Crippen molar-refractivity contribution in [3.63, 3.8) is 0 Å². The molecule has 0 radical (unpaired) electrons. The lowest BCUT2D eigenvalue weighted by Gasteiger charge is -2.32. The van der Waals surface area contributed by atoms with Crippen molar-refractivity contribution in [3.8, 4) is 0 Å². The van der Waals surface area contributed by atoms with Crippen LogP contribution < -0.4 is 0 Å². The number of aryl methyl sites for hydroxylation is 1. The van der Waals surface area contributed by atoms with E-state index in [0.29, 0.717) is 0 Å². The number of hydrogen-bond acceptors (Lipinski definition) is 2. The van der Waals surface area contributed by atoms with E-state index < -0.39 is 11.7 Å². The molecule has 1 N–H and O–H groups in total. The maximum absolute atomic E-state index is 10.3. The Kier molecular flexibility index (Phi) is 4.51. The maximum Gasteiger partial charge on any atom is 0.108 e. The second-order valence-corrected chi connectivity index (χ2v) is 4.37. The molecule has 0 fully saturated rings. The highest BCUT2D eigenvalue weighted by Gasteiger charge is 2.32. The summed E-state index contributed by atoms with van der Waals surface area (Å²) in [6, 6.07) is 8.07. The number of hydrogen-bond donors (Lipinski definition) is 1. The van der Waals surface area contributed by atoms with E-state index >= 15 is 0 Å². The predicted molar refractivity (Wildman–Crippen MR) is 66.5 cm³/mol. The molecule has 0 aromatic heterocycles. The average Bonchev–Trinajstić information content (AvgIpc) is 2.37. The van der Waals surface area contributed by atoms with Crippen molar-refractivity contribution >= 4 is 0 Å². The van der Waals surface area contributed by atoms with Gasteiger partial charge in [-0.25, -0.2) is 0 Å². The molecule has 0 saturated carbocycles. The van der Waals surface area contributed by atoms with Gasteiger partial charge in [-0.3, -0.25) is 0 Å². The van der Waals surface area contributed by atoms with Gasteiger partial charge in [0.1, 0.15) is 6.10 Å². The zero-order chi connectivity index (χ0) is 12.2. The molecular formula is C14H22O2. The summed E-state index contributed by atoms with van der Waals surface area (Å²) in [4.78, 5) is 0. The summed E-state index contributed by atoms with van der Waals surface area (Å²) in [5.74, 6) is 0. The molecule has 0 bridgehead atoms. The lowest BCUT2D eigenvalue weighted by atomic mass is 9.89. The third kappa shape index (κ3) is 2.63. The van der Waals surface area contributed by atoms with Gasteiger partial charge < -0.3 is 9.84 Å². The summed E-state index contributed by atoms with van der Waals surface area (Å²) in [5, 5.41) is 10.3. The van der Waals surface area contributed by atoms with Crippen LogP contribution in [0.25, 0.3) is 0 Å². The van der Waals surface area contributed by atoms with E-state index in [1.807, 2.05) is 26.0 Å². The van der Waals surface area contributed by atoms with Crippen LogP contribution in [0.15, 0.2) is 24.3 Å². The minimum Gasteiger partial charge on any atom is -0.385 e. The highest BCUT2D eigenvalue weighted by Crippen LogP contribution is 2.31. The summed E-state index contributed by atoms with van der Waals surface area (Å²) in [6.07, 6.45) is 1.19. The fourth-order valence-corrected chi connectivity index (χ4v) is 1.78. The van der Waals surface area contributed by atoms with Gasteiger partial charge in [-0.2, -0.15) is 0 Å². The van der Waals surface area contributed by atoms with Crippen molar-refractivity contribution in [2.24, 2.45) is 0 Å². The molecule has 2 unspecified atom stereocenters. The average molecular weight is 222 g/mol. The van der Waals surface area contributed by atoms with E-state index in [0.717, 1.165) is 18.4 Å². The smallest absolute Gasteiger partial charge is 0.108 e. The second-order valence-electron chi connectivity index (χ2n) is 4.37. The summed E-state index contributed by atoms with van der Waals surface area (Å²) in [7, 11) is 1.65. The molecular weight excluding hydrogens is 200 g/mol. The van der Waals surface area contributed by atoms with Crippen LogP contribution in [-0.2, 0) is 11.2 Å². The molecule has 0 spiro atoms. The van der Waals surface area contributed by atoms with Gasteiger partial charge in [0.15, 0.2) is 0 Å². The van der Waals surface area contributed by atoms with Gasteiger partial charge in [-0.15, -0.1) is 0 Å². The van der Waals surface area contributed by atoms with Crippen molar-refractivity contribution in [2.75, 3.05) is 7.11 Å². The van der Waals surface area contributed by atoms with Crippen molar-refractivity contribution < 1.29 is 9.84 Å². The largest absolute Gasteiger partial charge is 0.385 e. The molecule has 2 nitrogen and oxygen atoms in total. The first-order chi connectivity index (χ1) is 7.57. The molecule has 2 atom stereocenters. The first-order valence-electron chi connectivity index (χ1n) is 5.89. The SMILES string of the molecule is CCc1cccc(C(O)C(C)(CC)OC)c1. The number of rotatable bonds is 5. The first-order valence-corrected chi connectivity index (χ1v) is 5.89. The Balaban J connectivity index is 2.98. The van der Waals surface area contributed by atoms with Gasteiger partial charge in [0, 0.05) is 7.11 Å². The quantitative estimate of drug-likeness (QED) is 0.829. The molecule has 1 aromatic rings. The Labute approximate surface area is 98.3 Å². The third-order valence-electron chi connectivity index (χ3n) is 3.42. The van der Waals surface area contributed by atoms with Crippen LogP contribution in [0, 0.1) is 0 Å². The molecule has 0 saturated heterocycles. The fourth-order valence-electron chi connectivity index (χ4n) is 1.78. The Morgan fingerprint density at radius 3 is 2.56 bits per heavy atom. The molecule has 0 aliphatic carbocycles. The van der Waals surface area contributed by atoms with Gasteiger partial charge in [0.2, 0.25) is 0 Å². The molecule has 0 heterocycles. The van der Waals surface area contributed by atoms with Crippen LogP contribution in [0.2, 0.25) is 0 Å². The van der Waals surface area contributed by atoms with Crippen LogP contribution in [0.4, 0.5) is 0 Å². The molecule has 1 rings (SSSR count). The predicted octanol–water partition coefficient (Wildman–Crippen LogP) is 3.10. The molecule has 2 heteroatoms. The minimum atomic E-state index is -0.575. The number of ether oxygens (including phenoxy) is 1. The molecule has 0 aliphatic rings. The lowest BCUT2D eigenvalue weighted by Crippen LogP contribution is -2.34. The van der Waals surface area contributed by atoms with Crippen molar-refractivity contribution in [2.45, 2.75) is 45.3 Å².